The lowest BCUT2D eigenvalue weighted by Crippen LogP contribution is -2.29. The molecular weight excluding hydrogens is 295 g/mol. The molecule has 0 amide bonds. The first-order valence-electron chi connectivity index (χ1n) is 6.64. The highest BCUT2D eigenvalue weighted by Crippen LogP contribution is 2.19. The van der Waals surface area contributed by atoms with Crippen LogP contribution in [0.4, 0.5) is 0 Å². The van der Waals surface area contributed by atoms with Gasteiger partial charge in [0, 0.05) is 22.6 Å². The highest BCUT2D eigenvalue weighted by atomic mass is 35.5. The molecule has 0 fully saturated rings. The number of aryl methyl sites for hydroxylation is 1. The molecule has 1 heterocycles. The standard InChI is InChI=1S/C14H18Cl2N4/c1-11(3-5-20-10-17-9-19-20)18-4-2-12-6-13(15)8-14(16)7-12/h6-11,18H,2-5H2,1H3. The minimum atomic E-state index is 0.425. The largest absolute Gasteiger partial charge is 0.314 e. The molecule has 1 atom stereocenters. The Hall–Kier alpha value is -1.10. The zero-order valence-electron chi connectivity index (χ0n) is 11.4. The summed E-state index contributed by atoms with van der Waals surface area (Å²) in [7, 11) is 0. The van der Waals surface area contributed by atoms with E-state index in [0.29, 0.717) is 16.1 Å². The second kappa shape index (κ2) is 7.62. The molecule has 0 radical (unpaired) electrons. The Morgan fingerprint density at radius 2 is 2.00 bits per heavy atom. The number of nitrogens with one attached hydrogen (secondary N) is 1. The van der Waals surface area contributed by atoms with Crippen LogP contribution in [0.3, 0.4) is 0 Å². The van der Waals surface area contributed by atoms with Crippen molar-refractivity contribution in [3.63, 3.8) is 0 Å². The van der Waals surface area contributed by atoms with Crippen molar-refractivity contribution < 1.29 is 0 Å². The third kappa shape index (κ3) is 5.12. The third-order valence-electron chi connectivity index (χ3n) is 3.09. The summed E-state index contributed by atoms with van der Waals surface area (Å²) in [6.07, 6.45) is 5.22. The summed E-state index contributed by atoms with van der Waals surface area (Å²) < 4.78 is 1.84. The van der Waals surface area contributed by atoms with Crippen molar-refractivity contribution in [1.82, 2.24) is 20.1 Å². The van der Waals surface area contributed by atoms with Crippen LogP contribution in [0, 0.1) is 0 Å². The first-order valence-corrected chi connectivity index (χ1v) is 7.40. The molecule has 0 spiro atoms. The number of rotatable bonds is 7. The van der Waals surface area contributed by atoms with Gasteiger partial charge in [-0.3, -0.25) is 4.68 Å². The van der Waals surface area contributed by atoms with E-state index in [0.717, 1.165) is 31.5 Å². The molecule has 1 aromatic heterocycles. The van der Waals surface area contributed by atoms with Crippen molar-refractivity contribution in [3.8, 4) is 0 Å². The van der Waals surface area contributed by atoms with E-state index < -0.39 is 0 Å². The van der Waals surface area contributed by atoms with E-state index in [2.05, 4.69) is 22.3 Å². The van der Waals surface area contributed by atoms with Crippen molar-refractivity contribution in [2.45, 2.75) is 32.4 Å². The van der Waals surface area contributed by atoms with E-state index in [1.807, 2.05) is 16.8 Å². The third-order valence-corrected chi connectivity index (χ3v) is 3.52. The number of nitrogens with zero attached hydrogens (tertiary/aromatic N) is 3. The number of hydrogen-bond acceptors (Lipinski definition) is 3. The van der Waals surface area contributed by atoms with Gasteiger partial charge in [-0.1, -0.05) is 23.2 Å². The van der Waals surface area contributed by atoms with E-state index in [1.165, 1.54) is 0 Å². The Morgan fingerprint density at radius 1 is 1.25 bits per heavy atom. The molecular formula is C14H18Cl2N4. The summed E-state index contributed by atoms with van der Waals surface area (Å²) in [6, 6.07) is 6.08. The van der Waals surface area contributed by atoms with Gasteiger partial charge < -0.3 is 5.32 Å². The van der Waals surface area contributed by atoms with Gasteiger partial charge in [0.15, 0.2) is 0 Å². The maximum Gasteiger partial charge on any atom is 0.137 e. The number of hydrogen-bond donors (Lipinski definition) is 1. The lowest BCUT2D eigenvalue weighted by atomic mass is 10.1. The molecule has 6 heteroatoms. The molecule has 0 aliphatic heterocycles. The van der Waals surface area contributed by atoms with Gasteiger partial charge in [0.25, 0.3) is 0 Å². The second-order valence-electron chi connectivity index (χ2n) is 4.83. The molecule has 0 aliphatic carbocycles. The molecule has 2 rings (SSSR count). The van der Waals surface area contributed by atoms with Gasteiger partial charge in [0.1, 0.15) is 12.7 Å². The Bertz CT molecular complexity index is 508. The average molecular weight is 313 g/mol. The van der Waals surface area contributed by atoms with Crippen molar-refractivity contribution in [2.24, 2.45) is 0 Å². The highest BCUT2D eigenvalue weighted by Gasteiger charge is 2.03. The maximum absolute atomic E-state index is 5.98. The van der Waals surface area contributed by atoms with Crippen LogP contribution in [0.2, 0.25) is 10.0 Å². The maximum atomic E-state index is 5.98. The molecule has 0 bridgehead atoms. The second-order valence-corrected chi connectivity index (χ2v) is 5.70. The summed E-state index contributed by atoms with van der Waals surface area (Å²) >= 11 is 12.0. The molecule has 0 saturated heterocycles. The van der Waals surface area contributed by atoms with Gasteiger partial charge in [-0.2, -0.15) is 5.10 Å². The van der Waals surface area contributed by atoms with Gasteiger partial charge in [-0.05, 0) is 50.1 Å². The van der Waals surface area contributed by atoms with Crippen LogP contribution in [0.25, 0.3) is 0 Å². The molecule has 108 valence electrons. The van der Waals surface area contributed by atoms with E-state index in [-0.39, 0.29) is 0 Å². The Labute approximate surface area is 129 Å². The fraction of sp³-hybridized carbons (Fsp3) is 0.429. The normalized spacial score (nSPS) is 12.6. The summed E-state index contributed by atoms with van der Waals surface area (Å²) in [6.45, 7) is 3.94. The van der Waals surface area contributed by atoms with Crippen LogP contribution in [-0.4, -0.2) is 27.4 Å². The van der Waals surface area contributed by atoms with Crippen LogP contribution in [0.5, 0.6) is 0 Å². The summed E-state index contributed by atoms with van der Waals surface area (Å²) in [5.74, 6) is 0. The molecule has 0 aliphatic rings. The summed E-state index contributed by atoms with van der Waals surface area (Å²) in [4.78, 5) is 3.92. The Morgan fingerprint density at radius 3 is 2.65 bits per heavy atom. The quantitative estimate of drug-likeness (QED) is 0.853. The van der Waals surface area contributed by atoms with Crippen LogP contribution >= 0.6 is 23.2 Å². The van der Waals surface area contributed by atoms with Gasteiger partial charge in [-0.25, -0.2) is 4.98 Å². The van der Waals surface area contributed by atoms with Crippen LogP contribution < -0.4 is 5.32 Å². The molecule has 0 saturated carbocycles. The molecule has 1 aromatic carbocycles. The molecule has 4 nitrogen and oxygen atoms in total. The van der Waals surface area contributed by atoms with Crippen molar-refractivity contribution in [1.29, 1.82) is 0 Å². The Balaban J connectivity index is 1.69. The molecule has 1 unspecified atom stereocenters. The van der Waals surface area contributed by atoms with Gasteiger partial charge in [-0.15, -0.1) is 0 Å². The minimum Gasteiger partial charge on any atom is -0.314 e. The van der Waals surface area contributed by atoms with Crippen LogP contribution in [0.1, 0.15) is 18.9 Å². The molecule has 20 heavy (non-hydrogen) atoms. The van der Waals surface area contributed by atoms with Gasteiger partial charge in [0.05, 0.1) is 0 Å². The minimum absolute atomic E-state index is 0.425. The molecule has 2 aromatic rings. The monoisotopic (exact) mass is 312 g/mol. The molecule has 1 N–H and O–H groups in total. The van der Waals surface area contributed by atoms with E-state index in [4.69, 9.17) is 23.2 Å². The number of halogens is 2. The van der Waals surface area contributed by atoms with Gasteiger partial charge >= 0.3 is 0 Å². The van der Waals surface area contributed by atoms with Crippen molar-refractivity contribution >= 4 is 23.2 Å². The van der Waals surface area contributed by atoms with Crippen LogP contribution in [-0.2, 0) is 13.0 Å². The lowest BCUT2D eigenvalue weighted by Gasteiger charge is -2.13. The summed E-state index contributed by atoms with van der Waals surface area (Å²) in [5, 5.41) is 8.94. The fourth-order valence-electron chi connectivity index (χ4n) is 1.99. The van der Waals surface area contributed by atoms with Crippen molar-refractivity contribution in [2.75, 3.05) is 6.54 Å². The number of aromatic nitrogens is 3. The topological polar surface area (TPSA) is 42.7 Å². The first kappa shape index (κ1) is 15.3. The van der Waals surface area contributed by atoms with E-state index >= 15 is 0 Å². The predicted molar refractivity (Wildman–Crippen MR) is 82.3 cm³/mol. The van der Waals surface area contributed by atoms with Crippen molar-refractivity contribution in [3.05, 3.63) is 46.5 Å². The van der Waals surface area contributed by atoms with Crippen LogP contribution in [0.15, 0.2) is 30.9 Å². The summed E-state index contributed by atoms with van der Waals surface area (Å²) in [5.41, 5.74) is 1.15. The smallest absolute Gasteiger partial charge is 0.137 e. The van der Waals surface area contributed by atoms with E-state index in [1.54, 1.807) is 18.7 Å². The number of benzene rings is 1. The zero-order valence-corrected chi connectivity index (χ0v) is 12.9. The first-order chi connectivity index (χ1) is 9.63. The SMILES string of the molecule is CC(CCn1cncn1)NCCc1cc(Cl)cc(Cl)c1. The Kier molecular flexibility index (Phi) is 5.83. The van der Waals surface area contributed by atoms with Gasteiger partial charge in [0.2, 0.25) is 0 Å². The average Bonchev–Trinajstić information content (AvgIpc) is 2.88. The zero-order chi connectivity index (χ0) is 14.4. The fourth-order valence-corrected chi connectivity index (χ4v) is 2.57. The highest BCUT2D eigenvalue weighted by molar-refractivity contribution is 6.34. The predicted octanol–water partition coefficient (Wildman–Crippen LogP) is 3.20. The lowest BCUT2D eigenvalue weighted by molar-refractivity contribution is 0.460. The van der Waals surface area contributed by atoms with E-state index in [9.17, 15) is 0 Å².